The Bertz CT molecular complexity index is 647. The lowest BCUT2D eigenvalue weighted by Crippen LogP contribution is -2.60. The first-order chi connectivity index (χ1) is 11.0. The molecule has 0 saturated carbocycles. The average Bonchev–Trinajstić information content (AvgIpc) is 2.80. The quantitative estimate of drug-likeness (QED) is 0.795. The molecule has 23 heavy (non-hydrogen) atoms. The molecule has 2 aliphatic heterocycles. The highest BCUT2D eigenvalue weighted by molar-refractivity contribution is 5.97. The molecule has 2 fully saturated rings. The van der Waals surface area contributed by atoms with E-state index in [0.717, 1.165) is 43.5 Å². The Kier molecular flexibility index (Phi) is 4.15. The second-order valence-electron chi connectivity index (χ2n) is 6.67. The van der Waals surface area contributed by atoms with Crippen LogP contribution in [0.3, 0.4) is 0 Å². The number of nitriles is 1. The zero-order valence-electron chi connectivity index (χ0n) is 14.1. The van der Waals surface area contributed by atoms with E-state index in [1.54, 1.807) is 9.58 Å². The number of aromatic nitrogens is 2. The van der Waals surface area contributed by atoms with Crippen LogP contribution in [-0.4, -0.2) is 45.4 Å². The molecule has 0 aliphatic carbocycles. The van der Waals surface area contributed by atoms with Gasteiger partial charge in [0.15, 0.2) is 0 Å². The largest absolute Gasteiger partial charge is 0.372 e. The molecular weight excluding hydrogens is 292 g/mol. The molecule has 6 heteroatoms. The molecule has 0 N–H and O–H groups in total. The van der Waals surface area contributed by atoms with Crippen molar-refractivity contribution in [3.05, 3.63) is 17.0 Å². The Hall–Kier alpha value is -1.87. The molecule has 2 unspecified atom stereocenters. The molecule has 2 aliphatic rings. The molecule has 0 aromatic carbocycles. The van der Waals surface area contributed by atoms with Crippen LogP contribution in [0.1, 0.15) is 53.8 Å². The number of nitrogens with zero attached hydrogens (tertiary/aromatic N) is 4. The van der Waals surface area contributed by atoms with Crippen molar-refractivity contribution in [2.24, 2.45) is 7.05 Å². The van der Waals surface area contributed by atoms with Crippen molar-refractivity contribution in [1.82, 2.24) is 14.7 Å². The summed E-state index contributed by atoms with van der Waals surface area (Å²) < 4.78 is 7.78. The molecule has 6 nitrogen and oxygen atoms in total. The number of hydrogen-bond donors (Lipinski definition) is 0. The summed E-state index contributed by atoms with van der Waals surface area (Å²) in [7, 11) is 1.84. The Morgan fingerprint density at radius 3 is 2.65 bits per heavy atom. The Balaban J connectivity index is 1.94. The third-order valence-electron chi connectivity index (χ3n) is 5.30. The standard InChI is InChI=1S/C17H24N4O2/c1-12-15(13(2)20(3)19-12)16(22)21-9-6-8-17(14(21)11-18)7-4-5-10-23-17/h14H,4-10H2,1-3H3. The van der Waals surface area contributed by atoms with Crippen molar-refractivity contribution in [3.63, 3.8) is 0 Å². The van der Waals surface area contributed by atoms with Gasteiger partial charge in [0, 0.05) is 25.9 Å². The van der Waals surface area contributed by atoms with Crippen molar-refractivity contribution in [3.8, 4) is 6.07 Å². The first-order valence-corrected chi connectivity index (χ1v) is 8.35. The van der Waals surface area contributed by atoms with E-state index < -0.39 is 11.6 Å². The van der Waals surface area contributed by atoms with Crippen molar-refractivity contribution in [1.29, 1.82) is 5.26 Å². The minimum atomic E-state index is -0.511. The number of ether oxygens (including phenoxy) is 1. The van der Waals surface area contributed by atoms with Crippen LogP contribution in [-0.2, 0) is 11.8 Å². The van der Waals surface area contributed by atoms with Crippen molar-refractivity contribution < 1.29 is 9.53 Å². The van der Waals surface area contributed by atoms with Gasteiger partial charge in [-0.3, -0.25) is 9.48 Å². The van der Waals surface area contributed by atoms with E-state index in [-0.39, 0.29) is 5.91 Å². The monoisotopic (exact) mass is 316 g/mol. The fourth-order valence-corrected chi connectivity index (χ4v) is 4.02. The van der Waals surface area contributed by atoms with Crippen LogP contribution in [0.5, 0.6) is 0 Å². The molecule has 0 bridgehead atoms. The highest BCUT2D eigenvalue weighted by atomic mass is 16.5. The lowest BCUT2D eigenvalue weighted by atomic mass is 9.79. The second-order valence-corrected chi connectivity index (χ2v) is 6.67. The molecule has 0 radical (unpaired) electrons. The van der Waals surface area contributed by atoms with E-state index in [2.05, 4.69) is 11.2 Å². The lowest BCUT2D eigenvalue weighted by Gasteiger charge is -2.48. The zero-order valence-corrected chi connectivity index (χ0v) is 14.1. The van der Waals surface area contributed by atoms with Gasteiger partial charge in [0.05, 0.1) is 17.3 Å². The van der Waals surface area contributed by atoms with Crippen LogP contribution < -0.4 is 0 Å². The van der Waals surface area contributed by atoms with Gasteiger partial charge < -0.3 is 9.64 Å². The van der Waals surface area contributed by atoms with Gasteiger partial charge in [-0.15, -0.1) is 0 Å². The van der Waals surface area contributed by atoms with Gasteiger partial charge in [0.1, 0.15) is 11.6 Å². The third-order valence-corrected chi connectivity index (χ3v) is 5.30. The number of hydrogen-bond acceptors (Lipinski definition) is 4. The van der Waals surface area contributed by atoms with Crippen LogP contribution in [0.4, 0.5) is 0 Å². The summed E-state index contributed by atoms with van der Waals surface area (Å²) in [4.78, 5) is 14.8. The van der Waals surface area contributed by atoms with Gasteiger partial charge in [0.25, 0.3) is 5.91 Å². The van der Waals surface area contributed by atoms with Crippen LogP contribution in [0.25, 0.3) is 0 Å². The zero-order chi connectivity index (χ0) is 16.6. The minimum Gasteiger partial charge on any atom is -0.372 e. The van der Waals surface area contributed by atoms with Gasteiger partial charge >= 0.3 is 0 Å². The summed E-state index contributed by atoms with van der Waals surface area (Å²) in [5.41, 5.74) is 1.70. The summed E-state index contributed by atoms with van der Waals surface area (Å²) >= 11 is 0. The summed E-state index contributed by atoms with van der Waals surface area (Å²) in [6.45, 7) is 5.03. The first-order valence-electron chi connectivity index (χ1n) is 8.35. The maximum absolute atomic E-state index is 13.1. The lowest BCUT2D eigenvalue weighted by molar-refractivity contribution is -0.128. The maximum atomic E-state index is 13.1. The summed E-state index contributed by atoms with van der Waals surface area (Å²) in [6, 6.07) is 1.85. The topological polar surface area (TPSA) is 71.2 Å². The highest BCUT2D eigenvalue weighted by Gasteiger charge is 2.49. The number of rotatable bonds is 1. The van der Waals surface area contributed by atoms with E-state index in [9.17, 15) is 10.1 Å². The van der Waals surface area contributed by atoms with Gasteiger partial charge in [-0.25, -0.2) is 0 Å². The van der Waals surface area contributed by atoms with E-state index in [4.69, 9.17) is 4.74 Å². The molecule has 3 rings (SSSR count). The van der Waals surface area contributed by atoms with E-state index in [1.165, 1.54) is 0 Å². The smallest absolute Gasteiger partial charge is 0.258 e. The third kappa shape index (κ3) is 2.53. The Morgan fingerprint density at radius 2 is 2.09 bits per heavy atom. The summed E-state index contributed by atoms with van der Waals surface area (Å²) in [6.07, 6.45) is 4.70. The van der Waals surface area contributed by atoms with E-state index >= 15 is 0 Å². The van der Waals surface area contributed by atoms with Crippen molar-refractivity contribution in [2.45, 2.75) is 57.6 Å². The average molecular weight is 316 g/mol. The molecule has 2 saturated heterocycles. The summed E-state index contributed by atoms with van der Waals surface area (Å²) in [5.74, 6) is -0.0899. The normalized spacial score (nSPS) is 27.9. The first kappa shape index (κ1) is 16.0. The molecule has 2 atom stereocenters. The van der Waals surface area contributed by atoms with Crippen LogP contribution in [0.2, 0.25) is 0 Å². The second kappa shape index (κ2) is 5.97. The number of likely N-dealkylation sites (tertiary alicyclic amines) is 1. The maximum Gasteiger partial charge on any atom is 0.258 e. The van der Waals surface area contributed by atoms with Crippen LogP contribution >= 0.6 is 0 Å². The SMILES string of the molecule is Cc1nn(C)c(C)c1C(=O)N1CCCC2(CCCCO2)C1C#N. The molecule has 1 aromatic rings. The molecule has 1 spiro atoms. The number of carbonyl (C=O) groups excluding carboxylic acids is 1. The van der Waals surface area contributed by atoms with Crippen molar-refractivity contribution >= 4 is 5.91 Å². The summed E-state index contributed by atoms with van der Waals surface area (Å²) in [5, 5.41) is 14.1. The predicted octanol–water partition coefficient (Wildman–Crippen LogP) is 2.10. The van der Waals surface area contributed by atoms with E-state index in [0.29, 0.717) is 18.7 Å². The fourth-order valence-electron chi connectivity index (χ4n) is 4.02. The number of piperidine rings is 1. The van der Waals surface area contributed by atoms with Gasteiger partial charge in [-0.1, -0.05) is 0 Å². The Labute approximate surface area is 137 Å². The van der Waals surface area contributed by atoms with Crippen molar-refractivity contribution in [2.75, 3.05) is 13.2 Å². The molecule has 1 amide bonds. The Morgan fingerprint density at radius 1 is 1.35 bits per heavy atom. The molecular formula is C17H24N4O2. The van der Waals surface area contributed by atoms with Gasteiger partial charge in [0.2, 0.25) is 0 Å². The molecule has 124 valence electrons. The highest BCUT2D eigenvalue weighted by Crippen LogP contribution is 2.39. The fraction of sp³-hybridized carbons (Fsp3) is 0.706. The number of carbonyl (C=O) groups is 1. The molecule has 3 heterocycles. The number of amides is 1. The van der Waals surface area contributed by atoms with E-state index in [1.807, 2.05) is 20.9 Å². The van der Waals surface area contributed by atoms with Crippen LogP contribution in [0.15, 0.2) is 0 Å². The van der Waals surface area contributed by atoms with Crippen LogP contribution in [0, 0.1) is 25.2 Å². The molecule has 1 aromatic heterocycles. The van der Waals surface area contributed by atoms with Gasteiger partial charge in [-0.2, -0.15) is 10.4 Å². The van der Waals surface area contributed by atoms with Gasteiger partial charge in [-0.05, 0) is 46.0 Å². The minimum absolute atomic E-state index is 0.0899. The number of aryl methyl sites for hydroxylation is 2. The predicted molar refractivity (Wildman–Crippen MR) is 84.9 cm³/mol.